The van der Waals surface area contributed by atoms with Gasteiger partial charge in [-0.2, -0.15) is 0 Å². The van der Waals surface area contributed by atoms with Crippen LogP contribution in [0.4, 0.5) is 0 Å². The van der Waals surface area contributed by atoms with Crippen molar-refractivity contribution >= 4 is 11.8 Å². The summed E-state index contributed by atoms with van der Waals surface area (Å²) in [6.07, 6.45) is 9.48. The fourth-order valence-corrected chi connectivity index (χ4v) is 3.03. The summed E-state index contributed by atoms with van der Waals surface area (Å²) < 4.78 is 0. The smallest absolute Gasteiger partial charge is 0.247 e. The third-order valence-corrected chi connectivity index (χ3v) is 4.41. The van der Waals surface area contributed by atoms with E-state index in [2.05, 4.69) is 12.2 Å². The van der Waals surface area contributed by atoms with Crippen molar-refractivity contribution in [2.45, 2.75) is 90.6 Å². The molecule has 1 heterocycles. The average molecular weight is 296 g/mol. The number of rotatable bonds is 11. The van der Waals surface area contributed by atoms with Gasteiger partial charge in [-0.1, -0.05) is 52.9 Å². The number of hydrogen-bond acceptors (Lipinski definition) is 3. The number of imide groups is 1. The minimum absolute atomic E-state index is 0.00542. The second-order valence-electron chi connectivity index (χ2n) is 6.05. The molecule has 1 fully saturated rings. The predicted molar refractivity (Wildman–Crippen MR) is 86.0 cm³/mol. The lowest BCUT2D eigenvalue weighted by Gasteiger charge is -2.24. The zero-order valence-corrected chi connectivity index (χ0v) is 14.0. The molecule has 4 nitrogen and oxygen atoms in total. The van der Waals surface area contributed by atoms with Crippen molar-refractivity contribution < 1.29 is 9.59 Å². The summed E-state index contributed by atoms with van der Waals surface area (Å²) in [5, 5.41) is 3.27. The Morgan fingerprint density at radius 3 is 2.29 bits per heavy atom. The monoisotopic (exact) mass is 296 g/mol. The van der Waals surface area contributed by atoms with Crippen molar-refractivity contribution in [2.75, 3.05) is 6.54 Å². The van der Waals surface area contributed by atoms with Crippen LogP contribution in [0.1, 0.15) is 78.6 Å². The number of unbranched alkanes of at least 4 members (excludes halogenated alkanes) is 5. The Bertz CT molecular complexity index is 327. The van der Waals surface area contributed by atoms with Gasteiger partial charge >= 0.3 is 0 Å². The summed E-state index contributed by atoms with van der Waals surface area (Å²) in [6, 6.07) is -0.209. The summed E-state index contributed by atoms with van der Waals surface area (Å²) in [7, 11) is 0. The molecule has 4 heteroatoms. The van der Waals surface area contributed by atoms with Crippen LogP contribution in [0, 0.1) is 0 Å². The highest BCUT2D eigenvalue weighted by atomic mass is 16.2. The molecule has 1 N–H and O–H groups in total. The molecule has 1 rings (SSSR count). The Morgan fingerprint density at radius 2 is 1.67 bits per heavy atom. The maximum atomic E-state index is 12.3. The first kappa shape index (κ1) is 18.1. The van der Waals surface area contributed by atoms with Crippen molar-refractivity contribution in [3.63, 3.8) is 0 Å². The highest BCUT2D eigenvalue weighted by Gasteiger charge is 2.40. The normalized spacial score (nSPS) is 19.0. The number of carbonyl (C=O) groups is 2. The van der Waals surface area contributed by atoms with Crippen LogP contribution in [-0.2, 0) is 9.59 Å². The minimum atomic E-state index is -0.284. The van der Waals surface area contributed by atoms with Crippen molar-refractivity contribution in [1.29, 1.82) is 0 Å². The van der Waals surface area contributed by atoms with Crippen LogP contribution in [-0.4, -0.2) is 35.3 Å². The van der Waals surface area contributed by atoms with E-state index < -0.39 is 0 Å². The molecule has 1 aliphatic rings. The van der Waals surface area contributed by atoms with Gasteiger partial charge in [0.1, 0.15) is 0 Å². The van der Waals surface area contributed by atoms with Gasteiger partial charge in [-0.3, -0.25) is 14.5 Å². The Labute approximate surface area is 129 Å². The van der Waals surface area contributed by atoms with Crippen LogP contribution in [0.2, 0.25) is 0 Å². The standard InChI is InChI=1S/C17H32N2O2/c1-4-7-8-9-10-11-12-18-15-13-16(20)19(17(15)21)14(5-2)6-3/h14-15,18H,4-13H2,1-3H3. The molecule has 0 spiro atoms. The quantitative estimate of drug-likeness (QED) is 0.470. The fourth-order valence-electron chi connectivity index (χ4n) is 3.03. The first-order chi connectivity index (χ1) is 10.2. The zero-order valence-electron chi connectivity index (χ0n) is 14.0. The van der Waals surface area contributed by atoms with Crippen molar-refractivity contribution in [2.24, 2.45) is 0 Å². The van der Waals surface area contributed by atoms with Gasteiger partial charge in [0.2, 0.25) is 11.8 Å². The molecule has 0 aromatic carbocycles. The lowest BCUT2D eigenvalue weighted by Crippen LogP contribution is -2.43. The molecule has 0 radical (unpaired) electrons. The van der Waals surface area contributed by atoms with Gasteiger partial charge in [0.05, 0.1) is 12.5 Å². The molecule has 0 aromatic rings. The van der Waals surface area contributed by atoms with Gasteiger partial charge in [-0.15, -0.1) is 0 Å². The van der Waals surface area contributed by atoms with Gasteiger partial charge in [0, 0.05) is 6.04 Å². The number of hydrogen-bond donors (Lipinski definition) is 1. The maximum Gasteiger partial charge on any atom is 0.247 e. The van der Waals surface area contributed by atoms with Crippen LogP contribution in [0.25, 0.3) is 0 Å². The highest BCUT2D eigenvalue weighted by Crippen LogP contribution is 2.20. The molecule has 0 saturated carbocycles. The molecule has 1 atom stereocenters. The number of amides is 2. The van der Waals surface area contributed by atoms with Crippen LogP contribution in [0.3, 0.4) is 0 Å². The highest BCUT2D eigenvalue weighted by molar-refractivity contribution is 6.05. The fraction of sp³-hybridized carbons (Fsp3) is 0.882. The van der Waals surface area contributed by atoms with Crippen LogP contribution in [0.15, 0.2) is 0 Å². The lowest BCUT2D eigenvalue weighted by atomic mass is 10.1. The topological polar surface area (TPSA) is 49.4 Å². The zero-order chi connectivity index (χ0) is 15.7. The molecule has 1 aliphatic heterocycles. The lowest BCUT2D eigenvalue weighted by molar-refractivity contribution is -0.141. The van der Waals surface area contributed by atoms with Gasteiger partial charge in [0.15, 0.2) is 0 Å². The van der Waals surface area contributed by atoms with E-state index in [1.165, 1.54) is 37.0 Å². The number of nitrogens with zero attached hydrogens (tertiary/aromatic N) is 1. The van der Waals surface area contributed by atoms with E-state index in [0.717, 1.165) is 25.8 Å². The van der Waals surface area contributed by atoms with Gasteiger partial charge in [-0.25, -0.2) is 0 Å². The molecule has 2 amide bonds. The predicted octanol–water partition coefficient (Wildman–Crippen LogP) is 3.25. The molecule has 21 heavy (non-hydrogen) atoms. The van der Waals surface area contributed by atoms with E-state index in [9.17, 15) is 9.59 Å². The van der Waals surface area contributed by atoms with Gasteiger partial charge < -0.3 is 5.32 Å². The SMILES string of the molecule is CCCCCCCCNC1CC(=O)N(C(CC)CC)C1=O. The summed E-state index contributed by atoms with van der Waals surface area (Å²) in [4.78, 5) is 25.8. The largest absolute Gasteiger partial charge is 0.305 e. The van der Waals surface area contributed by atoms with E-state index >= 15 is 0 Å². The second-order valence-corrected chi connectivity index (χ2v) is 6.05. The molecule has 1 saturated heterocycles. The number of nitrogens with one attached hydrogen (secondary N) is 1. The van der Waals surface area contributed by atoms with E-state index in [0.29, 0.717) is 6.42 Å². The Hall–Kier alpha value is -0.900. The third kappa shape index (κ3) is 5.42. The molecule has 0 aliphatic carbocycles. The summed E-state index contributed by atoms with van der Waals surface area (Å²) in [6.45, 7) is 7.13. The number of likely N-dealkylation sites (tertiary alicyclic amines) is 1. The Morgan fingerprint density at radius 1 is 1.05 bits per heavy atom. The van der Waals surface area contributed by atoms with E-state index in [1.807, 2.05) is 13.8 Å². The molecular formula is C17H32N2O2. The van der Waals surface area contributed by atoms with Gasteiger partial charge in [0.25, 0.3) is 0 Å². The molecule has 0 aromatic heterocycles. The second kappa shape index (κ2) is 9.93. The first-order valence-corrected chi connectivity index (χ1v) is 8.74. The Kier molecular flexibility index (Phi) is 8.58. The minimum Gasteiger partial charge on any atom is -0.305 e. The van der Waals surface area contributed by atoms with E-state index in [1.54, 1.807) is 0 Å². The summed E-state index contributed by atoms with van der Waals surface area (Å²) >= 11 is 0. The molecular weight excluding hydrogens is 264 g/mol. The average Bonchev–Trinajstić information content (AvgIpc) is 2.75. The van der Waals surface area contributed by atoms with Crippen LogP contribution in [0.5, 0.6) is 0 Å². The summed E-state index contributed by atoms with van der Waals surface area (Å²) in [5.74, 6) is -0.0196. The maximum absolute atomic E-state index is 12.3. The van der Waals surface area contributed by atoms with Crippen LogP contribution < -0.4 is 5.32 Å². The van der Waals surface area contributed by atoms with E-state index in [4.69, 9.17) is 0 Å². The van der Waals surface area contributed by atoms with Crippen molar-refractivity contribution in [3.05, 3.63) is 0 Å². The molecule has 0 bridgehead atoms. The van der Waals surface area contributed by atoms with Crippen LogP contribution >= 0.6 is 0 Å². The van der Waals surface area contributed by atoms with E-state index in [-0.39, 0.29) is 23.9 Å². The Balaban J connectivity index is 2.28. The van der Waals surface area contributed by atoms with Crippen molar-refractivity contribution in [1.82, 2.24) is 10.2 Å². The van der Waals surface area contributed by atoms with Gasteiger partial charge in [-0.05, 0) is 25.8 Å². The first-order valence-electron chi connectivity index (χ1n) is 8.74. The number of carbonyl (C=O) groups excluding carboxylic acids is 2. The molecule has 122 valence electrons. The van der Waals surface area contributed by atoms with Crippen molar-refractivity contribution in [3.8, 4) is 0 Å². The third-order valence-electron chi connectivity index (χ3n) is 4.41. The summed E-state index contributed by atoms with van der Waals surface area (Å²) in [5.41, 5.74) is 0. The molecule has 1 unspecified atom stereocenters.